The average molecular weight is 413 g/mol. The molecule has 1 amide bonds. The molecule has 156 valence electrons. The smallest absolute Gasteiger partial charge is 0.300 e. The number of aryl methyl sites for hydroxylation is 2. The monoisotopic (exact) mass is 413 g/mol. The molecule has 0 radical (unpaired) electrons. The molecule has 4 rings (SSSR count). The zero-order valence-electron chi connectivity index (χ0n) is 17.4. The molecule has 0 spiro atoms. The van der Waals surface area contributed by atoms with E-state index in [-0.39, 0.29) is 17.1 Å². The predicted molar refractivity (Wildman–Crippen MR) is 120 cm³/mol. The number of aliphatic hydroxyl groups excluding tert-OH is 1. The van der Waals surface area contributed by atoms with E-state index in [1.165, 1.54) is 17.0 Å². The van der Waals surface area contributed by atoms with Crippen LogP contribution < -0.4 is 4.90 Å². The van der Waals surface area contributed by atoms with Gasteiger partial charge in [0.05, 0.1) is 11.6 Å². The number of phenolic OH excluding ortho intramolecular Hbond substituents is 1. The van der Waals surface area contributed by atoms with Crippen molar-refractivity contribution < 1.29 is 19.8 Å². The van der Waals surface area contributed by atoms with Crippen LogP contribution in [0.2, 0.25) is 0 Å². The largest absolute Gasteiger partial charge is 0.508 e. The standard InChI is InChI=1S/C26H23NO4/c1-3-17-9-11-18(12-10-17)24(29)22-23(19-5-4-6-21(28)15-19)27(26(31)25(22)30)20-13-7-16(2)8-14-20/h4-15,23,28-29H,3H2,1-2H3/b24-22-. The number of hydrogen-bond acceptors (Lipinski definition) is 4. The van der Waals surface area contributed by atoms with Gasteiger partial charge >= 0.3 is 0 Å². The summed E-state index contributed by atoms with van der Waals surface area (Å²) in [5.41, 5.74) is 3.66. The Kier molecular flexibility index (Phi) is 5.34. The van der Waals surface area contributed by atoms with E-state index in [9.17, 15) is 19.8 Å². The molecule has 2 N–H and O–H groups in total. The van der Waals surface area contributed by atoms with Crippen LogP contribution >= 0.6 is 0 Å². The van der Waals surface area contributed by atoms with Gasteiger partial charge in [0.1, 0.15) is 11.5 Å². The Bertz CT molecular complexity index is 1180. The molecular weight excluding hydrogens is 390 g/mol. The quantitative estimate of drug-likeness (QED) is 0.363. The van der Waals surface area contributed by atoms with Crippen LogP contribution in [0.1, 0.15) is 35.2 Å². The Morgan fingerprint density at radius 3 is 2.26 bits per heavy atom. The van der Waals surface area contributed by atoms with Gasteiger partial charge in [0.25, 0.3) is 11.7 Å². The molecule has 5 nitrogen and oxygen atoms in total. The number of rotatable bonds is 4. The van der Waals surface area contributed by atoms with E-state index >= 15 is 0 Å². The van der Waals surface area contributed by atoms with Gasteiger partial charge < -0.3 is 10.2 Å². The van der Waals surface area contributed by atoms with Crippen LogP contribution in [0.15, 0.2) is 78.4 Å². The highest BCUT2D eigenvalue weighted by molar-refractivity contribution is 6.51. The summed E-state index contributed by atoms with van der Waals surface area (Å²) in [4.78, 5) is 27.5. The first-order valence-corrected chi connectivity index (χ1v) is 10.2. The van der Waals surface area contributed by atoms with Crippen LogP contribution in [-0.4, -0.2) is 21.9 Å². The highest BCUT2D eigenvalue weighted by Crippen LogP contribution is 2.42. The molecule has 1 aliphatic heterocycles. The second-order valence-electron chi connectivity index (χ2n) is 7.65. The van der Waals surface area contributed by atoms with Gasteiger partial charge in [-0.15, -0.1) is 0 Å². The predicted octanol–water partition coefficient (Wildman–Crippen LogP) is 4.89. The zero-order valence-corrected chi connectivity index (χ0v) is 17.4. The molecule has 0 aromatic heterocycles. The first-order chi connectivity index (χ1) is 14.9. The second kappa shape index (κ2) is 8.11. The minimum absolute atomic E-state index is 0.000392. The summed E-state index contributed by atoms with van der Waals surface area (Å²) in [6, 6.07) is 20.1. The summed E-state index contributed by atoms with van der Waals surface area (Å²) in [7, 11) is 0. The molecule has 1 atom stereocenters. The summed E-state index contributed by atoms with van der Waals surface area (Å²) in [6.07, 6.45) is 0.849. The van der Waals surface area contributed by atoms with Crippen molar-refractivity contribution in [1.29, 1.82) is 0 Å². The lowest BCUT2D eigenvalue weighted by molar-refractivity contribution is -0.132. The van der Waals surface area contributed by atoms with E-state index in [0.29, 0.717) is 16.8 Å². The number of aliphatic hydroxyl groups is 1. The van der Waals surface area contributed by atoms with Gasteiger partial charge in [0.15, 0.2) is 0 Å². The molecule has 1 unspecified atom stereocenters. The molecule has 0 saturated carbocycles. The van der Waals surface area contributed by atoms with Crippen molar-refractivity contribution in [3.05, 3.63) is 101 Å². The van der Waals surface area contributed by atoms with E-state index < -0.39 is 17.7 Å². The fourth-order valence-electron chi connectivity index (χ4n) is 3.87. The SMILES string of the molecule is CCc1ccc(/C(O)=C2/C(=O)C(=O)N(c3ccc(C)cc3)C2c2cccc(O)c2)cc1. The van der Waals surface area contributed by atoms with Crippen molar-refractivity contribution in [1.82, 2.24) is 0 Å². The fourth-order valence-corrected chi connectivity index (χ4v) is 3.87. The first kappa shape index (κ1) is 20.4. The molecule has 3 aromatic carbocycles. The lowest BCUT2D eigenvalue weighted by atomic mass is 9.94. The summed E-state index contributed by atoms with van der Waals surface area (Å²) in [5, 5.41) is 21.1. The Morgan fingerprint density at radius 1 is 0.968 bits per heavy atom. The van der Waals surface area contributed by atoms with Crippen LogP contribution in [0.4, 0.5) is 5.69 Å². The molecule has 5 heteroatoms. The van der Waals surface area contributed by atoms with Gasteiger partial charge in [0, 0.05) is 11.3 Å². The number of Topliss-reactive ketones (excluding diaryl/α,β-unsaturated/α-hetero) is 1. The van der Waals surface area contributed by atoms with Crippen molar-refractivity contribution in [3.8, 4) is 5.75 Å². The maximum Gasteiger partial charge on any atom is 0.300 e. The number of benzene rings is 3. The Labute approximate surface area is 180 Å². The van der Waals surface area contributed by atoms with Crippen molar-refractivity contribution in [2.75, 3.05) is 4.90 Å². The Hall–Kier alpha value is -3.86. The minimum atomic E-state index is -0.861. The Balaban J connectivity index is 1.92. The fraction of sp³-hybridized carbons (Fsp3) is 0.154. The van der Waals surface area contributed by atoms with Gasteiger partial charge in [-0.05, 0) is 48.7 Å². The normalized spacial score (nSPS) is 17.9. The maximum absolute atomic E-state index is 13.1. The van der Waals surface area contributed by atoms with Gasteiger partial charge in [-0.25, -0.2) is 0 Å². The van der Waals surface area contributed by atoms with Gasteiger partial charge in [-0.2, -0.15) is 0 Å². The number of nitrogens with zero attached hydrogens (tertiary/aromatic N) is 1. The van der Waals surface area contributed by atoms with E-state index in [0.717, 1.165) is 17.5 Å². The molecule has 1 fully saturated rings. The first-order valence-electron chi connectivity index (χ1n) is 10.2. The molecule has 31 heavy (non-hydrogen) atoms. The van der Waals surface area contributed by atoms with Gasteiger partial charge in [0.2, 0.25) is 0 Å². The number of phenols is 1. The number of amides is 1. The molecule has 0 bridgehead atoms. The lowest BCUT2D eigenvalue weighted by Gasteiger charge is -2.25. The molecule has 1 heterocycles. The topological polar surface area (TPSA) is 77.8 Å². The Morgan fingerprint density at radius 2 is 1.65 bits per heavy atom. The minimum Gasteiger partial charge on any atom is -0.508 e. The molecule has 1 aliphatic rings. The highest BCUT2D eigenvalue weighted by atomic mass is 16.3. The number of carbonyl (C=O) groups is 2. The lowest BCUT2D eigenvalue weighted by Crippen LogP contribution is -2.29. The van der Waals surface area contributed by atoms with Crippen LogP contribution in [0.25, 0.3) is 5.76 Å². The van der Waals surface area contributed by atoms with Gasteiger partial charge in [-0.1, -0.05) is 61.0 Å². The van der Waals surface area contributed by atoms with Crippen LogP contribution in [0.3, 0.4) is 0 Å². The maximum atomic E-state index is 13.1. The van der Waals surface area contributed by atoms with Crippen LogP contribution in [0.5, 0.6) is 5.75 Å². The average Bonchev–Trinajstić information content (AvgIpc) is 3.04. The zero-order chi connectivity index (χ0) is 22.1. The third-order valence-corrected chi connectivity index (χ3v) is 5.58. The highest BCUT2D eigenvalue weighted by Gasteiger charge is 2.47. The summed E-state index contributed by atoms with van der Waals surface area (Å²) >= 11 is 0. The molecule has 1 saturated heterocycles. The van der Waals surface area contributed by atoms with Crippen molar-refractivity contribution in [3.63, 3.8) is 0 Å². The molecule has 3 aromatic rings. The second-order valence-corrected chi connectivity index (χ2v) is 7.65. The van der Waals surface area contributed by atoms with E-state index in [4.69, 9.17) is 0 Å². The number of anilines is 1. The van der Waals surface area contributed by atoms with Crippen molar-refractivity contribution >= 4 is 23.1 Å². The number of ketones is 1. The van der Waals surface area contributed by atoms with Gasteiger partial charge in [-0.3, -0.25) is 14.5 Å². The van der Waals surface area contributed by atoms with Crippen molar-refractivity contribution in [2.24, 2.45) is 0 Å². The van der Waals surface area contributed by atoms with E-state index in [2.05, 4.69) is 0 Å². The summed E-state index contributed by atoms with van der Waals surface area (Å²) in [5.74, 6) is -1.70. The number of aromatic hydroxyl groups is 1. The van der Waals surface area contributed by atoms with E-state index in [1.807, 2.05) is 38.1 Å². The number of hydrogen-bond donors (Lipinski definition) is 2. The third kappa shape index (κ3) is 3.70. The summed E-state index contributed by atoms with van der Waals surface area (Å²) < 4.78 is 0. The molecular formula is C26H23NO4. The van der Waals surface area contributed by atoms with Crippen LogP contribution in [0, 0.1) is 6.92 Å². The number of carbonyl (C=O) groups excluding carboxylic acids is 2. The molecule has 0 aliphatic carbocycles. The van der Waals surface area contributed by atoms with Crippen molar-refractivity contribution in [2.45, 2.75) is 26.3 Å². The van der Waals surface area contributed by atoms with Crippen LogP contribution in [-0.2, 0) is 16.0 Å². The summed E-state index contributed by atoms with van der Waals surface area (Å²) in [6.45, 7) is 3.97. The van der Waals surface area contributed by atoms with E-state index in [1.54, 1.807) is 36.4 Å². The third-order valence-electron chi connectivity index (χ3n) is 5.58.